The monoisotopic (exact) mass is 345 g/mol. The number of para-hydroxylation sites is 1. The minimum Gasteiger partial charge on any atom is -0.324 e. The summed E-state index contributed by atoms with van der Waals surface area (Å²) in [6, 6.07) is 4.50. The quantitative estimate of drug-likeness (QED) is 0.655. The third-order valence-corrected chi connectivity index (χ3v) is 4.09. The van der Waals surface area contributed by atoms with E-state index in [1.165, 1.54) is 0 Å². The van der Waals surface area contributed by atoms with Gasteiger partial charge < -0.3 is 5.32 Å². The van der Waals surface area contributed by atoms with Crippen LogP contribution in [0.4, 0.5) is 10.5 Å². The van der Waals surface area contributed by atoms with Crippen LogP contribution >= 0.6 is 0 Å². The van der Waals surface area contributed by atoms with Gasteiger partial charge in [-0.3, -0.25) is 19.3 Å². The summed E-state index contributed by atoms with van der Waals surface area (Å²) < 4.78 is 0. The number of carbonyl (C=O) groups excluding carboxylic acids is 4. The van der Waals surface area contributed by atoms with Crippen molar-refractivity contribution in [2.24, 2.45) is 0 Å². The standard InChI is InChI=1S/C18H23N3O4/c1-10(2)13-8-6-7-12(5)15(13)19-14(22)9-20-16(23)17(24)21(11(3)4)18(20)25/h6-8,10-11H,9H2,1-5H3,(H,19,22). The second kappa shape index (κ2) is 7.04. The molecule has 1 saturated heterocycles. The molecule has 134 valence electrons. The fraction of sp³-hybridized carbons (Fsp3) is 0.444. The summed E-state index contributed by atoms with van der Waals surface area (Å²) in [5, 5.41) is 2.77. The van der Waals surface area contributed by atoms with Gasteiger partial charge in [0.2, 0.25) is 5.91 Å². The van der Waals surface area contributed by atoms with Crippen LogP contribution in [0.3, 0.4) is 0 Å². The predicted molar refractivity (Wildman–Crippen MR) is 93.0 cm³/mol. The molecule has 1 heterocycles. The lowest BCUT2D eigenvalue weighted by Crippen LogP contribution is -2.40. The lowest BCUT2D eigenvalue weighted by Gasteiger charge is -2.19. The molecule has 7 nitrogen and oxygen atoms in total. The molecule has 0 radical (unpaired) electrons. The van der Waals surface area contributed by atoms with Crippen molar-refractivity contribution < 1.29 is 19.2 Å². The summed E-state index contributed by atoms with van der Waals surface area (Å²) >= 11 is 0. The Kier molecular flexibility index (Phi) is 5.25. The van der Waals surface area contributed by atoms with Crippen LogP contribution in [0, 0.1) is 6.92 Å². The lowest BCUT2D eigenvalue weighted by atomic mass is 9.98. The summed E-state index contributed by atoms with van der Waals surface area (Å²) in [5.41, 5.74) is 2.53. The van der Waals surface area contributed by atoms with Crippen molar-refractivity contribution >= 4 is 29.4 Å². The molecule has 0 atom stereocenters. The first-order chi connectivity index (χ1) is 11.6. The first-order valence-corrected chi connectivity index (χ1v) is 8.23. The lowest BCUT2D eigenvalue weighted by molar-refractivity contribution is -0.144. The topological polar surface area (TPSA) is 86.8 Å². The second-order valence-corrected chi connectivity index (χ2v) is 6.68. The first-order valence-electron chi connectivity index (χ1n) is 8.23. The van der Waals surface area contributed by atoms with Crippen LogP contribution in [-0.4, -0.2) is 46.1 Å². The number of nitrogens with zero attached hydrogens (tertiary/aromatic N) is 2. The third-order valence-electron chi connectivity index (χ3n) is 4.09. The number of carbonyl (C=O) groups is 4. The molecule has 7 heteroatoms. The molecule has 5 amide bonds. The molecule has 0 saturated carbocycles. The minimum absolute atomic E-state index is 0.197. The highest BCUT2D eigenvalue weighted by atomic mass is 16.2. The largest absolute Gasteiger partial charge is 0.334 e. The van der Waals surface area contributed by atoms with Crippen LogP contribution in [0.2, 0.25) is 0 Å². The van der Waals surface area contributed by atoms with Crippen molar-refractivity contribution in [1.82, 2.24) is 9.80 Å². The number of amides is 5. The molecule has 0 bridgehead atoms. The molecule has 0 spiro atoms. The van der Waals surface area contributed by atoms with Crippen LogP contribution in [0.15, 0.2) is 18.2 Å². The highest BCUT2D eigenvalue weighted by molar-refractivity contribution is 6.45. The van der Waals surface area contributed by atoms with Crippen molar-refractivity contribution in [3.05, 3.63) is 29.3 Å². The van der Waals surface area contributed by atoms with Gasteiger partial charge in [0.15, 0.2) is 0 Å². The van der Waals surface area contributed by atoms with Gasteiger partial charge in [-0.1, -0.05) is 32.0 Å². The highest BCUT2D eigenvalue weighted by Crippen LogP contribution is 2.27. The molecule has 0 unspecified atom stereocenters. The molecule has 1 aliphatic rings. The Morgan fingerprint density at radius 1 is 1.08 bits per heavy atom. The van der Waals surface area contributed by atoms with Crippen LogP contribution in [0.1, 0.15) is 44.7 Å². The van der Waals surface area contributed by atoms with E-state index in [9.17, 15) is 19.2 Å². The zero-order chi connectivity index (χ0) is 18.9. The average molecular weight is 345 g/mol. The maximum atomic E-state index is 12.4. The molecule has 1 fully saturated rings. The van der Waals surface area contributed by atoms with E-state index in [1.54, 1.807) is 13.8 Å². The molecular weight excluding hydrogens is 322 g/mol. The van der Waals surface area contributed by atoms with Crippen molar-refractivity contribution in [3.8, 4) is 0 Å². The van der Waals surface area contributed by atoms with E-state index >= 15 is 0 Å². The molecular formula is C18H23N3O4. The predicted octanol–water partition coefficient (Wildman–Crippen LogP) is 2.26. The molecule has 0 aliphatic carbocycles. The molecule has 1 aromatic carbocycles. The fourth-order valence-electron chi connectivity index (χ4n) is 2.78. The Morgan fingerprint density at radius 3 is 2.24 bits per heavy atom. The number of urea groups is 1. The van der Waals surface area contributed by atoms with Gasteiger partial charge in [0.05, 0.1) is 0 Å². The van der Waals surface area contributed by atoms with Crippen LogP contribution in [0.5, 0.6) is 0 Å². The number of hydrogen-bond acceptors (Lipinski definition) is 4. The van der Waals surface area contributed by atoms with Gasteiger partial charge >= 0.3 is 17.8 Å². The van der Waals surface area contributed by atoms with E-state index in [1.807, 2.05) is 39.0 Å². The van der Waals surface area contributed by atoms with Crippen LogP contribution < -0.4 is 5.32 Å². The second-order valence-electron chi connectivity index (χ2n) is 6.68. The molecule has 25 heavy (non-hydrogen) atoms. The summed E-state index contributed by atoms with van der Waals surface area (Å²) in [4.78, 5) is 50.0. The first kappa shape index (κ1) is 18.6. The smallest absolute Gasteiger partial charge is 0.324 e. The Morgan fingerprint density at radius 2 is 1.72 bits per heavy atom. The van der Waals surface area contributed by atoms with Gasteiger partial charge in [0.1, 0.15) is 6.54 Å². The number of imide groups is 2. The zero-order valence-electron chi connectivity index (χ0n) is 15.1. The summed E-state index contributed by atoms with van der Waals surface area (Å²) in [5.74, 6) is -2.19. The molecule has 1 aliphatic heterocycles. The van der Waals surface area contributed by atoms with E-state index < -0.39 is 36.3 Å². The summed E-state index contributed by atoms with van der Waals surface area (Å²) in [6.07, 6.45) is 0. The number of rotatable bonds is 5. The number of benzene rings is 1. The molecule has 1 aromatic rings. The normalized spacial score (nSPS) is 14.9. The molecule has 0 aromatic heterocycles. The van der Waals surface area contributed by atoms with Gasteiger partial charge in [-0.2, -0.15) is 0 Å². The maximum absolute atomic E-state index is 12.4. The Bertz CT molecular complexity index is 740. The van der Waals surface area contributed by atoms with Crippen LogP contribution in [0.25, 0.3) is 0 Å². The maximum Gasteiger partial charge on any atom is 0.334 e. The fourth-order valence-corrected chi connectivity index (χ4v) is 2.78. The average Bonchev–Trinajstić information content (AvgIpc) is 2.72. The van der Waals surface area contributed by atoms with Gasteiger partial charge in [0.25, 0.3) is 0 Å². The number of aryl methyl sites for hydroxylation is 1. The van der Waals surface area contributed by atoms with Gasteiger partial charge in [-0.25, -0.2) is 9.69 Å². The van der Waals surface area contributed by atoms with E-state index in [0.29, 0.717) is 10.6 Å². The third kappa shape index (κ3) is 3.55. The zero-order valence-corrected chi connectivity index (χ0v) is 15.1. The van der Waals surface area contributed by atoms with Gasteiger partial charge in [0, 0.05) is 11.7 Å². The van der Waals surface area contributed by atoms with Crippen molar-refractivity contribution in [2.75, 3.05) is 11.9 Å². The Labute approximate surface area is 147 Å². The Hall–Kier alpha value is -2.70. The van der Waals surface area contributed by atoms with E-state index in [4.69, 9.17) is 0 Å². The van der Waals surface area contributed by atoms with Gasteiger partial charge in [-0.05, 0) is 37.8 Å². The van der Waals surface area contributed by atoms with Crippen molar-refractivity contribution in [3.63, 3.8) is 0 Å². The summed E-state index contributed by atoms with van der Waals surface area (Å²) in [7, 11) is 0. The van der Waals surface area contributed by atoms with E-state index in [2.05, 4.69) is 5.32 Å². The van der Waals surface area contributed by atoms with Gasteiger partial charge in [-0.15, -0.1) is 0 Å². The van der Waals surface area contributed by atoms with Crippen molar-refractivity contribution in [2.45, 2.75) is 46.6 Å². The number of hydrogen-bond donors (Lipinski definition) is 1. The molecule has 2 rings (SSSR count). The van der Waals surface area contributed by atoms with E-state index in [0.717, 1.165) is 16.0 Å². The van der Waals surface area contributed by atoms with E-state index in [-0.39, 0.29) is 5.92 Å². The molecule has 1 N–H and O–H groups in total. The summed E-state index contributed by atoms with van der Waals surface area (Å²) in [6.45, 7) is 8.67. The highest BCUT2D eigenvalue weighted by Gasteiger charge is 2.46. The number of anilines is 1. The minimum atomic E-state index is -0.970. The SMILES string of the molecule is Cc1cccc(C(C)C)c1NC(=O)CN1C(=O)C(=O)N(C(C)C)C1=O. The van der Waals surface area contributed by atoms with Crippen molar-refractivity contribution in [1.29, 1.82) is 0 Å². The number of nitrogens with one attached hydrogen (secondary N) is 1. The Balaban J connectivity index is 2.18. The van der Waals surface area contributed by atoms with Crippen LogP contribution in [-0.2, 0) is 14.4 Å².